The normalized spacial score (nSPS) is 22.2. The number of urea groups is 1. The molecule has 6 heteroatoms. The highest BCUT2D eigenvalue weighted by atomic mass is 35.5. The van der Waals surface area contributed by atoms with E-state index in [1.54, 1.807) is 24.3 Å². The molecule has 0 radical (unpaired) electrons. The van der Waals surface area contributed by atoms with E-state index in [1.807, 2.05) is 0 Å². The van der Waals surface area contributed by atoms with Gasteiger partial charge in [0.25, 0.3) is 5.91 Å². The Morgan fingerprint density at radius 1 is 1.12 bits per heavy atom. The number of carbonyl (C=O) groups is 2. The lowest BCUT2D eigenvalue weighted by molar-refractivity contribution is -0.133. The third-order valence-electron chi connectivity index (χ3n) is 5.07. The number of hydrogen-bond donors (Lipinski definition) is 2. The number of imide groups is 1. The van der Waals surface area contributed by atoms with E-state index in [-0.39, 0.29) is 12.5 Å². The summed E-state index contributed by atoms with van der Waals surface area (Å²) < 4.78 is 0. The Morgan fingerprint density at radius 2 is 1.75 bits per heavy atom. The maximum atomic E-state index is 12.9. The van der Waals surface area contributed by atoms with Gasteiger partial charge < -0.3 is 10.4 Å². The van der Waals surface area contributed by atoms with Crippen molar-refractivity contribution in [2.24, 2.45) is 0 Å². The van der Waals surface area contributed by atoms with Gasteiger partial charge in [0.2, 0.25) is 0 Å². The first-order valence-electron chi connectivity index (χ1n) is 8.60. The molecule has 2 fully saturated rings. The number of nitrogens with zero attached hydrogens (tertiary/aromatic N) is 1. The minimum absolute atomic E-state index is 0.0733. The quantitative estimate of drug-likeness (QED) is 0.821. The Kier molecular flexibility index (Phi) is 5.11. The van der Waals surface area contributed by atoms with E-state index in [4.69, 9.17) is 11.6 Å². The first-order valence-corrected chi connectivity index (χ1v) is 8.98. The van der Waals surface area contributed by atoms with E-state index in [2.05, 4.69) is 5.32 Å². The van der Waals surface area contributed by atoms with Crippen LogP contribution in [0.15, 0.2) is 24.3 Å². The Hall–Kier alpha value is -1.59. The fourth-order valence-corrected chi connectivity index (χ4v) is 3.97. The molecule has 1 heterocycles. The summed E-state index contributed by atoms with van der Waals surface area (Å²) in [4.78, 5) is 26.4. The lowest BCUT2D eigenvalue weighted by Gasteiger charge is -2.29. The monoisotopic (exact) mass is 350 g/mol. The van der Waals surface area contributed by atoms with Crippen LogP contribution in [-0.2, 0) is 4.79 Å². The summed E-state index contributed by atoms with van der Waals surface area (Å²) in [5.74, 6) is -0.208. The molecule has 1 unspecified atom stereocenters. The van der Waals surface area contributed by atoms with Crippen LogP contribution in [0.1, 0.15) is 56.6 Å². The maximum Gasteiger partial charge on any atom is 0.325 e. The average Bonchev–Trinajstić information content (AvgIpc) is 2.76. The smallest absolute Gasteiger partial charge is 0.325 e. The Labute approximate surface area is 147 Å². The van der Waals surface area contributed by atoms with Crippen LogP contribution in [-0.4, -0.2) is 34.0 Å². The molecule has 130 valence electrons. The number of hydrogen-bond acceptors (Lipinski definition) is 3. The van der Waals surface area contributed by atoms with Gasteiger partial charge in [-0.05, 0) is 18.9 Å². The molecular formula is C18H23ClN2O3. The van der Waals surface area contributed by atoms with E-state index in [1.165, 1.54) is 6.42 Å². The van der Waals surface area contributed by atoms with Crippen LogP contribution < -0.4 is 5.32 Å². The van der Waals surface area contributed by atoms with Gasteiger partial charge >= 0.3 is 6.03 Å². The third kappa shape index (κ3) is 3.28. The van der Waals surface area contributed by atoms with E-state index in [0.717, 1.165) is 30.6 Å². The van der Waals surface area contributed by atoms with Gasteiger partial charge in [0, 0.05) is 10.6 Å². The predicted molar refractivity (Wildman–Crippen MR) is 91.7 cm³/mol. The van der Waals surface area contributed by atoms with Crippen LogP contribution in [0.3, 0.4) is 0 Å². The Bertz CT molecular complexity index is 626. The summed E-state index contributed by atoms with van der Waals surface area (Å²) in [5, 5.41) is 13.8. The summed E-state index contributed by atoms with van der Waals surface area (Å²) in [5.41, 5.74) is -0.254. The minimum Gasteiger partial charge on any atom is -0.386 e. The zero-order valence-corrected chi connectivity index (χ0v) is 14.4. The predicted octanol–water partition coefficient (Wildman–Crippen LogP) is 3.41. The van der Waals surface area contributed by atoms with Crippen LogP contribution in [0.2, 0.25) is 5.02 Å². The van der Waals surface area contributed by atoms with Crippen molar-refractivity contribution >= 4 is 23.5 Å². The fourth-order valence-electron chi connectivity index (χ4n) is 3.71. The number of carbonyl (C=O) groups excluding carboxylic acids is 2. The Balaban J connectivity index is 1.75. The molecule has 1 saturated heterocycles. The molecule has 1 spiro atoms. The fraction of sp³-hybridized carbons (Fsp3) is 0.556. The van der Waals surface area contributed by atoms with E-state index in [0.29, 0.717) is 23.4 Å². The number of nitrogens with one attached hydrogen (secondary N) is 1. The van der Waals surface area contributed by atoms with Gasteiger partial charge in [0.15, 0.2) is 0 Å². The molecular weight excluding hydrogens is 328 g/mol. The van der Waals surface area contributed by atoms with Gasteiger partial charge in [0.05, 0.1) is 12.6 Å². The van der Waals surface area contributed by atoms with Gasteiger partial charge in [-0.3, -0.25) is 9.69 Å². The van der Waals surface area contributed by atoms with E-state index < -0.39 is 17.7 Å². The van der Waals surface area contributed by atoms with Gasteiger partial charge in [-0.2, -0.15) is 0 Å². The van der Waals surface area contributed by atoms with E-state index in [9.17, 15) is 14.7 Å². The minimum atomic E-state index is -0.989. The van der Waals surface area contributed by atoms with Crippen molar-refractivity contribution in [2.75, 3.05) is 6.54 Å². The van der Waals surface area contributed by atoms with Gasteiger partial charge in [-0.1, -0.05) is 61.9 Å². The lowest BCUT2D eigenvalue weighted by Crippen LogP contribution is -2.47. The van der Waals surface area contributed by atoms with Crippen LogP contribution >= 0.6 is 11.6 Å². The van der Waals surface area contributed by atoms with Crippen LogP contribution in [0, 0.1) is 0 Å². The molecule has 1 aliphatic carbocycles. The molecule has 1 atom stereocenters. The zero-order chi connectivity index (χ0) is 17.2. The molecule has 24 heavy (non-hydrogen) atoms. The second-order valence-electron chi connectivity index (χ2n) is 6.73. The van der Waals surface area contributed by atoms with Gasteiger partial charge in [-0.25, -0.2) is 4.79 Å². The second kappa shape index (κ2) is 7.11. The summed E-state index contributed by atoms with van der Waals surface area (Å²) in [6.07, 6.45) is 5.61. The number of β-amino-alcohol motifs (C(OH)–C–C–N with tert-alkyl or cyclic N) is 1. The maximum absolute atomic E-state index is 12.9. The topological polar surface area (TPSA) is 69.6 Å². The lowest BCUT2D eigenvalue weighted by atomic mass is 9.84. The van der Waals surface area contributed by atoms with Crippen molar-refractivity contribution in [3.05, 3.63) is 34.9 Å². The van der Waals surface area contributed by atoms with Crippen molar-refractivity contribution in [1.82, 2.24) is 10.2 Å². The SMILES string of the molecule is O=C1NC2(CCCCCCC2)C(=O)N1CC(O)c1ccccc1Cl. The summed E-state index contributed by atoms with van der Waals surface area (Å²) in [7, 11) is 0. The largest absolute Gasteiger partial charge is 0.386 e. The number of amides is 3. The summed E-state index contributed by atoms with van der Waals surface area (Å²) in [6, 6.07) is 6.52. The van der Waals surface area contributed by atoms with Crippen molar-refractivity contribution in [3.8, 4) is 0 Å². The molecule has 1 saturated carbocycles. The summed E-state index contributed by atoms with van der Waals surface area (Å²) >= 11 is 6.10. The van der Waals surface area contributed by atoms with Crippen LogP contribution in [0.25, 0.3) is 0 Å². The third-order valence-corrected chi connectivity index (χ3v) is 5.42. The van der Waals surface area contributed by atoms with Crippen LogP contribution in [0.4, 0.5) is 4.79 Å². The number of halogens is 1. The molecule has 2 aliphatic rings. The molecule has 0 aromatic heterocycles. The number of benzene rings is 1. The molecule has 3 amide bonds. The standard InChI is InChI=1S/C18H23ClN2O3/c19-14-9-5-4-8-13(14)15(22)12-21-16(23)18(20-17(21)24)10-6-2-1-3-7-11-18/h4-5,8-9,15,22H,1-3,6-7,10-12H2,(H,20,24). The molecule has 5 nitrogen and oxygen atoms in total. The molecule has 1 aromatic carbocycles. The van der Waals surface area contributed by atoms with Gasteiger partial charge in [0.1, 0.15) is 5.54 Å². The number of aliphatic hydroxyl groups excluding tert-OH is 1. The van der Waals surface area contributed by atoms with Crippen molar-refractivity contribution in [3.63, 3.8) is 0 Å². The first-order chi connectivity index (χ1) is 11.5. The molecule has 1 aromatic rings. The van der Waals surface area contributed by atoms with E-state index >= 15 is 0 Å². The highest BCUT2D eigenvalue weighted by molar-refractivity contribution is 6.31. The highest BCUT2D eigenvalue weighted by Gasteiger charge is 2.50. The van der Waals surface area contributed by atoms with Crippen molar-refractivity contribution in [2.45, 2.75) is 56.6 Å². The summed E-state index contributed by atoms with van der Waals surface area (Å²) in [6.45, 7) is -0.0733. The molecule has 3 rings (SSSR count). The number of rotatable bonds is 3. The first kappa shape index (κ1) is 17.2. The number of aliphatic hydroxyl groups is 1. The Morgan fingerprint density at radius 3 is 2.42 bits per heavy atom. The molecule has 2 N–H and O–H groups in total. The zero-order valence-electron chi connectivity index (χ0n) is 13.6. The molecule has 0 bridgehead atoms. The van der Waals surface area contributed by atoms with Crippen LogP contribution in [0.5, 0.6) is 0 Å². The van der Waals surface area contributed by atoms with Gasteiger partial charge in [-0.15, -0.1) is 0 Å². The second-order valence-corrected chi connectivity index (χ2v) is 7.14. The van der Waals surface area contributed by atoms with Crippen molar-refractivity contribution in [1.29, 1.82) is 0 Å². The average molecular weight is 351 g/mol. The molecule has 1 aliphatic heterocycles. The highest BCUT2D eigenvalue weighted by Crippen LogP contribution is 2.33. The van der Waals surface area contributed by atoms with Crippen molar-refractivity contribution < 1.29 is 14.7 Å².